The maximum atomic E-state index is 14.4. The van der Waals surface area contributed by atoms with Gasteiger partial charge in [0.1, 0.15) is 11.6 Å². The standard InChI is InChI=1S/C31H43F2N5O3/c1-5-35-8-9-36(25(16-35)17-37-10-11-41-21-31(37,4)20-39)18-29(40)38-19-30(2,3)26-15-34-24(14-28(26)38)12-22-6-7-23(32)13-27(22)33/h6-7,13-15,25,39H,5,8-12,16-21H2,1-4H3/t25-,31+/m1/s1. The van der Waals surface area contributed by atoms with E-state index in [2.05, 4.69) is 40.5 Å². The molecular weight excluding hydrogens is 528 g/mol. The highest BCUT2D eigenvalue weighted by molar-refractivity contribution is 5.97. The number of fused-ring (bicyclic) bond motifs is 1. The van der Waals surface area contributed by atoms with E-state index in [0.717, 1.165) is 56.6 Å². The Bertz CT molecular complexity index is 1260. The Hall–Kier alpha value is -2.50. The van der Waals surface area contributed by atoms with Crippen molar-refractivity contribution in [3.8, 4) is 0 Å². The number of anilines is 1. The van der Waals surface area contributed by atoms with E-state index in [9.17, 15) is 18.7 Å². The third-order valence-corrected chi connectivity index (χ3v) is 9.13. The number of amides is 1. The molecule has 0 aliphatic carbocycles. The van der Waals surface area contributed by atoms with Crippen molar-refractivity contribution in [2.45, 2.75) is 51.1 Å². The van der Waals surface area contributed by atoms with Crippen LogP contribution >= 0.6 is 0 Å². The summed E-state index contributed by atoms with van der Waals surface area (Å²) in [7, 11) is 0. The molecule has 2 saturated heterocycles. The first-order chi connectivity index (χ1) is 19.5. The molecule has 0 spiro atoms. The smallest absolute Gasteiger partial charge is 0.241 e. The fraction of sp³-hybridized carbons (Fsp3) is 0.613. The average Bonchev–Trinajstić information content (AvgIpc) is 3.22. The van der Waals surface area contributed by atoms with Crippen LogP contribution in [0.5, 0.6) is 0 Å². The highest BCUT2D eigenvalue weighted by Gasteiger charge is 2.41. The summed E-state index contributed by atoms with van der Waals surface area (Å²) in [6.45, 7) is 15.4. The number of rotatable bonds is 8. The predicted molar refractivity (Wildman–Crippen MR) is 154 cm³/mol. The van der Waals surface area contributed by atoms with Crippen LogP contribution in [0.4, 0.5) is 14.5 Å². The Morgan fingerprint density at radius 2 is 1.98 bits per heavy atom. The third kappa shape index (κ3) is 6.32. The number of likely N-dealkylation sites (N-methyl/N-ethyl adjacent to an activating group) is 1. The number of hydrogen-bond acceptors (Lipinski definition) is 7. The van der Waals surface area contributed by atoms with Gasteiger partial charge in [-0.05, 0) is 31.2 Å². The predicted octanol–water partition coefficient (Wildman–Crippen LogP) is 2.66. The minimum absolute atomic E-state index is 0.0218. The number of carbonyl (C=O) groups is 1. The molecule has 2 atom stereocenters. The van der Waals surface area contributed by atoms with Crippen LogP contribution in [0, 0.1) is 11.6 Å². The number of halogens is 2. The summed E-state index contributed by atoms with van der Waals surface area (Å²) in [5.74, 6) is -1.18. The molecule has 8 nitrogen and oxygen atoms in total. The quantitative estimate of drug-likeness (QED) is 0.523. The maximum Gasteiger partial charge on any atom is 0.241 e. The van der Waals surface area contributed by atoms with E-state index in [0.29, 0.717) is 37.6 Å². The molecule has 1 N–H and O–H groups in total. The molecule has 3 aliphatic heterocycles. The minimum Gasteiger partial charge on any atom is -0.394 e. The topological polar surface area (TPSA) is 72.4 Å². The molecule has 5 rings (SSSR count). The number of benzene rings is 1. The van der Waals surface area contributed by atoms with Gasteiger partial charge in [0.25, 0.3) is 0 Å². The fourth-order valence-electron chi connectivity index (χ4n) is 6.40. The SMILES string of the molecule is CCN1CCN(CC(=O)N2CC(C)(C)c3cnc(Cc4ccc(F)cc4F)cc32)[C@@H](CN2CCOC[C@]2(C)CO)C1. The van der Waals surface area contributed by atoms with Gasteiger partial charge in [-0.2, -0.15) is 0 Å². The lowest BCUT2D eigenvalue weighted by atomic mass is 9.88. The Balaban J connectivity index is 1.35. The summed E-state index contributed by atoms with van der Waals surface area (Å²) in [5.41, 5.74) is 2.10. The molecule has 1 amide bonds. The van der Waals surface area contributed by atoms with Crippen LogP contribution in [0.15, 0.2) is 30.5 Å². The first kappa shape index (κ1) is 30.0. The minimum atomic E-state index is -0.612. The van der Waals surface area contributed by atoms with Crippen LogP contribution < -0.4 is 4.90 Å². The maximum absolute atomic E-state index is 14.4. The van der Waals surface area contributed by atoms with E-state index in [4.69, 9.17) is 4.74 Å². The number of aliphatic hydroxyl groups is 1. The summed E-state index contributed by atoms with van der Waals surface area (Å²) in [4.78, 5) is 27.4. The summed E-state index contributed by atoms with van der Waals surface area (Å²) < 4.78 is 33.5. The van der Waals surface area contributed by atoms with Crippen molar-refractivity contribution in [2.75, 3.05) is 77.1 Å². The number of morpholine rings is 1. The van der Waals surface area contributed by atoms with E-state index >= 15 is 0 Å². The largest absolute Gasteiger partial charge is 0.394 e. The lowest BCUT2D eigenvalue weighted by Crippen LogP contribution is -2.64. The molecule has 4 heterocycles. The molecule has 10 heteroatoms. The normalized spacial score (nSPS) is 25.4. The molecule has 0 radical (unpaired) electrons. The summed E-state index contributed by atoms with van der Waals surface area (Å²) >= 11 is 0. The molecule has 2 fully saturated rings. The molecule has 41 heavy (non-hydrogen) atoms. The van der Waals surface area contributed by atoms with Gasteiger partial charge in [0.15, 0.2) is 0 Å². The van der Waals surface area contributed by atoms with Crippen LogP contribution in [-0.4, -0.2) is 114 Å². The van der Waals surface area contributed by atoms with Gasteiger partial charge in [-0.15, -0.1) is 0 Å². The van der Waals surface area contributed by atoms with Gasteiger partial charge in [0.05, 0.1) is 37.6 Å². The van der Waals surface area contributed by atoms with E-state index in [1.807, 2.05) is 17.9 Å². The van der Waals surface area contributed by atoms with E-state index in [1.165, 1.54) is 12.1 Å². The first-order valence-electron chi connectivity index (χ1n) is 14.7. The Morgan fingerprint density at radius 3 is 2.71 bits per heavy atom. The number of carbonyl (C=O) groups excluding carboxylic acids is 1. The zero-order chi connectivity index (χ0) is 29.4. The number of piperazine rings is 1. The molecule has 0 bridgehead atoms. The van der Waals surface area contributed by atoms with E-state index in [-0.39, 0.29) is 30.4 Å². The van der Waals surface area contributed by atoms with Crippen molar-refractivity contribution < 1.29 is 23.4 Å². The van der Waals surface area contributed by atoms with Crippen molar-refractivity contribution in [1.82, 2.24) is 19.7 Å². The number of pyridine rings is 1. The van der Waals surface area contributed by atoms with Gasteiger partial charge in [0.2, 0.25) is 5.91 Å². The second-order valence-electron chi connectivity index (χ2n) is 12.6. The van der Waals surface area contributed by atoms with E-state index < -0.39 is 17.2 Å². The van der Waals surface area contributed by atoms with Gasteiger partial charge in [-0.25, -0.2) is 8.78 Å². The van der Waals surface area contributed by atoms with Gasteiger partial charge in [-0.3, -0.25) is 19.6 Å². The lowest BCUT2D eigenvalue weighted by Gasteiger charge is -2.48. The average molecular weight is 572 g/mol. The molecule has 0 unspecified atom stereocenters. The zero-order valence-electron chi connectivity index (χ0n) is 24.7. The summed E-state index contributed by atoms with van der Waals surface area (Å²) in [6.07, 6.45) is 2.02. The number of ether oxygens (including phenoxy) is 1. The highest BCUT2D eigenvalue weighted by atomic mass is 19.1. The van der Waals surface area contributed by atoms with Crippen LogP contribution in [0.3, 0.4) is 0 Å². The molecular formula is C31H43F2N5O3. The molecule has 1 aromatic heterocycles. The molecule has 1 aromatic carbocycles. The van der Waals surface area contributed by atoms with Crippen LogP contribution in [0.25, 0.3) is 0 Å². The zero-order valence-corrected chi connectivity index (χ0v) is 24.7. The Morgan fingerprint density at radius 1 is 1.17 bits per heavy atom. The number of nitrogens with zero attached hydrogens (tertiary/aromatic N) is 5. The van der Waals surface area contributed by atoms with Crippen LogP contribution in [0.1, 0.15) is 44.5 Å². The highest BCUT2D eigenvalue weighted by Crippen LogP contribution is 2.40. The molecule has 2 aromatic rings. The molecule has 3 aliphatic rings. The van der Waals surface area contributed by atoms with Crippen molar-refractivity contribution in [1.29, 1.82) is 0 Å². The second-order valence-corrected chi connectivity index (χ2v) is 12.6. The Labute approximate surface area is 241 Å². The fourth-order valence-corrected chi connectivity index (χ4v) is 6.40. The second kappa shape index (κ2) is 12.0. The third-order valence-electron chi connectivity index (χ3n) is 9.13. The summed E-state index contributed by atoms with van der Waals surface area (Å²) in [6, 6.07) is 5.60. The van der Waals surface area contributed by atoms with Gasteiger partial charge in [-0.1, -0.05) is 26.8 Å². The van der Waals surface area contributed by atoms with Crippen molar-refractivity contribution in [3.63, 3.8) is 0 Å². The van der Waals surface area contributed by atoms with Crippen molar-refractivity contribution >= 4 is 11.6 Å². The molecule has 0 saturated carbocycles. The van der Waals surface area contributed by atoms with Gasteiger partial charge in [0, 0.05) is 80.7 Å². The van der Waals surface area contributed by atoms with Gasteiger partial charge >= 0.3 is 0 Å². The Kier molecular flexibility index (Phi) is 8.78. The van der Waals surface area contributed by atoms with Crippen LogP contribution in [0.2, 0.25) is 0 Å². The number of aromatic nitrogens is 1. The lowest BCUT2D eigenvalue weighted by molar-refractivity contribution is -0.122. The van der Waals surface area contributed by atoms with E-state index in [1.54, 1.807) is 6.20 Å². The van der Waals surface area contributed by atoms with Gasteiger partial charge < -0.3 is 19.6 Å². The van der Waals surface area contributed by atoms with Crippen molar-refractivity contribution in [2.24, 2.45) is 0 Å². The summed E-state index contributed by atoms with van der Waals surface area (Å²) in [5, 5.41) is 10.1. The van der Waals surface area contributed by atoms with Crippen LogP contribution in [-0.2, 0) is 21.4 Å². The monoisotopic (exact) mass is 571 g/mol. The number of aliphatic hydroxyl groups excluding tert-OH is 1. The first-order valence-corrected chi connectivity index (χ1v) is 14.7. The molecule has 224 valence electrons. The number of hydrogen-bond donors (Lipinski definition) is 1. The van der Waals surface area contributed by atoms with Crippen molar-refractivity contribution in [3.05, 3.63) is 58.9 Å².